The van der Waals surface area contributed by atoms with Crippen molar-refractivity contribution in [3.8, 4) is 11.5 Å². The molecule has 0 aromatic heterocycles. The van der Waals surface area contributed by atoms with Gasteiger partial charge in [0.05, 0.1) is 11.6 Å². The molecule has 0 unspecified atom stereocenters. The molecule has 182 valence electrons. The molecule has 5 nitrogen and oxygen atoms in total. The highest BCUT2D eigenvalue weighted by Gasteiger charge is 2.22. The quantitative estimate of drug-likeness (QED) is 0.381. The zero-order chi connectivity index (χ0) is 24.5. The third-order valence-electron chi connectivity index (χ3n) is 5.96. The van der Waals surface area contributed by atoms with Crippen molar-refractivity contribution in [1.29, 1.82) is 0 Å². The molecule has 1 heterocycles. The van der Waals surface area contributed by atoms with Gasteiger partial charge in [0.2, 0.25) is 0 Å². The van der Waals surface area contributed by atoms with Crippen LogP contribution in [0.1, 0.15) is 28.4 Å². The summed E-state index contributed by atoms with van der Waals surface area (Å²) in [5, 5.41) is 0.550. The Morgan fingerprint density at radius 3 is 2.40 bits per heavy atom. The summed E-state index contributed by atoms with van der Waals surface area (Å²) in [5.41, 5.74) is 2.66. The van der Waals surface area contributed by atoms with Gasteiger partial charge in [0, 0.05) is 43.9 Å². The van der Waals surface area contributed by atoms with Crippen LogP contribution in [0.2, 0.25) is 5.02 Å². The number of halogens is 1. The minimum atomic E-state index is 0.0338. The van der Waals surface area contributed by atoms with E-state index in [0.717, 1.165) is 25.2 Å². The molecule has 1 aliphatic heterocycles. The summed E-state index contributed by atoms with van der Waals surface area (Å²) < 4.78 is 11.7. The van der Waals surface area contributed by atoms with Crippen LogP contribution in [0, 0.1) is 0 Å². The minimum Gasteiger partial charge on any atom is -0.493 e. The third-order valence-corrected chi connectivity index (χ3v) is 6.27. The van der Waals surface area contributed by atoms with Gasteiger partial charge in [-0.25, -0.2) is 0 Å². The SMILES string of the molecule is CCOc1ccc(C(=O)N2CCN(C/C=C/c3ccccc3)CC2)cc1COc1ccccc1Cl. The van der Waals surface area contributed by atoms with Crippen LogP contribution in [-0.4, -0.2) is 55.0 Å². The molecule has 6 heteroatoms. The van der Waals surface area contributed by atoms with Gasteiger partial charge in [-0.1, -0.05) is 66.2 Å². The molecule has 35 heavy (non-hydrogen) atoms. The Balaban J connectivity index is 1.36. The van der Waals surface area contributed by atoms with E-state index in [2.05, 4.69) is 29.2 Å². The molecule has 0 saturated carbocycles. The van der Waals surface area contributed by atoms with E-state index >= 15 is 0 Å². The Hall–Kier alpha value is -3.28. The molecule has 1 amide bonds. The lowest BCUT2D eigenvalue weighted by atomic mass is 10.1. The number of piperazine rings is 1. The van der Waals surface area contributed by atoms with Crippen molar-refractivity contribution in [3.63, 3.8) is 0 Å². The van der Waals surface area contributed by atoms with Crippen molar-refractivity contribution in [2.45, 2.75) is 13.5 Å². The summed E-state index contributed by atoms with van der Waals surface area (Å²) in [4.78, 5) is 17.5. The van der Waals surface area contributed by atoms with Crippen LogP contribution in [-0.2, 0) is 6.61 Å². The normalized spacial score (nSPS) is 14.3. The van der Waals surface area contributed by atoms with E-state index in [1.807, 2.05) is 66.4 Å². The molecule has 0 radical (unpaired) electrons. The zero-order valence-corrected chi connectivity index (χ0v) is 20.8. The van der Waals surface area contributed by atoms with Crippen molar-refractivity contribution < 1.29 is 14.3 Å². The topological polar surface area (TPSA) is 42.0 Å². The minimum absolute atomic E-state index is 0.0338. The van der Waals surface area contributed by atoms with Crippen LogP contribution in [0.3, 0.4) is 0 Å². The molecule has 3 aromatic carbocycles. The smallest absolute Gasteiger partial charge is 0.253 e. The molecule has 0 N–H and O–H groups in total. The largest absolute Gasteiger partial charge is 0.493 e. The van der Waals surface area contributed by atoms with Gasteiger partial charge in [0.1, 0.15) is 18.1 Å². The maximum Gasteiger partial charge on any atom is 0.253 e. The first-order valence-corrected chi connectivity index (χ1v) is 12.4. The average molecular weight is 491 g/mol. The van der Waals surface area contributed by atoms with Gasteiger partial charge >= 0.3 is 0 Å². The van der Waals surface area contributed by atoms with Crippen molar-refractivity contribution in [2.75, 3.05) is 39.3 Å². The van der Waals surface area contributed by atoms with Crippen molar-refractivity contribution >= 4 is 23.6 Å². The monoisotopic (exact) mass is 490 g/mol. The zero-order valence-electron chi connectivity index (χ0n) is 20.0. The average Bonchev–Trinajstić information content (AvgIpc) is 2.90. The summed E-state index contributed by atoms with van der Waals surface area (Å²) in [5.74, 6) is 1.35. The number of carbonyl (C=O) groups is 1. The standard InChI is InChI=1S/C29H31ClN2O3/c1-2-34-27-15-14-24(21-25(27)22-35-28-13-7-6-12-26(28)30)29(33)32-19-17-31(18-20-32)16-8-11-23-9-4-3-5-10-23/h3-15,21H,2,16-20,22H2,1H3/b11-8+. The molecule has 0 atom stereocenters. The molecule has 1 fully saturated rings. The van der Waals surface area contributed by atoms with E-state index in [0.29, 0.717) is 41.8 Å². The van der Waals surface area contributed by atoms with Crippen LogP contribution in [0.5, 0.6) is 11.5 Å². The fourth-order valence-electron chi connectivity index (χ4n) is 4.06. The Morgan fingerprint density at radius 1 is 0.914 bits per heavy atom. The van der Waals surface area contributed by atoms with E-state index in [9.17, 15) is 4.79 Å². The van der Waals surface area contributed by atoms with Gasteiger partial charge in [-0.3, -0.25) is 9.69 Å². The first-order valence-electron chi connectivity index (χ1n) is 12.0. The summed E-state index contributed by atoms with van der Waals surface area (Å²) in [7, 11) is 0. The van der Waals surface area contributed by atoms with Gasteiger partial charge in [-0.15, -0.1) is 0 Å². The number of benzene rings is 3. The highest BCUT2D eigenvalue weighted by molar-refractivity contribution is 6.32. The molecule has 0 aliphatic carbocycles. The first-order chi connectivity index (χ1) is 17.1. The van der Waals surface area contributed by atoms with Crippen molar-refractivity contribution in [1.82, 2.24) is 9.80 Å². The van der Waals surface area contributed by atoms with Crippen LogP contribution in [0.25, 0.3) is 6.08 Å². The van der Waals surface area contributed by atoms with Gasteiger partial charge in [-0.05, 0) is 42.8 Å². The maximum absolute atomic E-state index is 13.2. The Kier molecular flexibility index (Phi) is 8.82. The molecular weight excluding hydrogens is 460 g/mol. The molecule has 0 spiro atoms. The lowest BCUT2D eigenvalue weighted by Crippen LogP contribution is -2.48. The second kappa shape index (κ2) is 12.4. The third kappa shape index (κ3) is 6.87. The number of carbonyl (C=O) groups excluding carboxylic acids is 1. The first kappa shape index (κ1) is 24.8. The predicted octanol–water partition coefficient (Wildman–Crippen LogP) is 5.79. The summed E-state index contributed by atoms with van der Waals surface area (Å²) in [6.45, 7) is 6.73. The summed E-state index contributed by atoms with van der Waals surface area (Å²) in [6.07, 6.45) is 4.33. The van der Waals surface area contributed by atoms with Gasteiger partial charge in [-0.2, -0.15) is 0 Å². The number of nitrogens with zero attached hydrogens (tertiary/aromatic N) is 2. The molecule has 3 aromatic rings. The molecule has 0 bridgehead atoms. The van der Waals surface area contributed by atoms with Gasteiger partial charge < -0.3 is 14.4 Å². The van der Waals surface area contributed by atoms with Crippen LogP contribution in [0.15, 0.2) is 78.9 Å². The fraction of sp³-hybridized carbons (Fsp3) is 0.276. The van der Waals surface area contributed by atoms with Crippen LogP contribution < -0.4 is 9.47 Å². The number of rotatable bonds is 9. The number of hydrogen-bond donors (Lipinski definition) is 0. The van der Waals surface area contributed by atoms with Crippen molar-refractivity contribution in [3.05, 3.63) is 101 Å². The number of para-hydroxylation sites is 1. The van der Waals surface area contributed by atoms with Crippen molar-refractivity contribution in [2.24, 2.45) is 0 Å². The fourth-order valence-corrected chi connectivity index (χ4v) is 4.25. The molecule has 4 rings (SSSR count). The number of hydrogen-bond acceptors (Lipinski definition) is 4. The lowest BCUT2D eigenvalue weighted by Gasteiger charge is -2.34. The highest BCUT2D eigenvalue weighted by Crippen LogP contribution is 2.27. The van der Waals surface area contributed by atoms with E-state index in [1.165, 1.54) is 5.56 Å². The summed E-state index contributed by atoms with van der Waals surface area (Å²) >= 11 is 6.22. The highest BCUT2D eigenvalue weighted by atomic mass is 35.5. The Morgan fingerprint density at radius 2 is 1.66 bits per heavy atom. The van der Waals surface area contributed by atoms with E-state index < -0.39 is 0 Å². The Bertz CT molecular complexity index is 1140. The van der Waals surface area contributed by atoms with Gasteiger partial charge in [0.15, 0.2) is 0 Å². The number of ether oxygens (including phenoxy) is 2. The Labute approximate surface area is 212 Å². The lowest BCUT2D eigenvalue weighted by molar-refractivity contribution is 0.0650. The van der Waals surface area contributed by atoms with Gasteiger partial charge in [0.25, 0.3) is 5.91 Å². The van der Waals surface area contributed by atoms with E-state index in [1.54, 1.807) is 6.07 Å². The number of amides is 1. The van der Waals surface area contributed by atoms with E-state index in [-0.39, 0.29) is 12.5 Å². The second-order valence-corrected chi connectivity index (χ2v) is 8.79. The second-order valence-electron chi connectivity index (χ2n) is 8.38. The van der Waals surface area contributed by atoms with E-state index in [4.69, 9.17) is 21.1 Å². The predicted molar refractivity (Wildman–Crippen MR) is 141 cm³/mol. The maximum atomic E-state index is 13.2. The molecule has 1 aliphatic rings. The van der Waals surface area contributed by atoms with Crippen LogP contribution in [0.4, 0.5) is 0 Å². The summed E-state index contributed by atoms with van der Waals surface area (Å²) in [6, 6.07) is 23.2. The molecular formula is C29H31ClN2O3. The molecule has 1 saturated heterocycles. The van der Waals surface area contributed by atoms with Crippen LogP contribution >= 0.6 is 11.6 Å².